The molecule has 1 atom stereocenters. The summed E-state index contributed by atoms with van der Waals surface area (Å²) in [5.74, 6) is -0.894. The zero-order chi connectivity index (χ0) is 18.4. The highest BCUT2D eigenvalue weighted by Gasteiger charge is 2.28. The van der Waals surface area contributed by atoms with E-state index in [4.69, 9.17) is 16.3 Å². The second kappa shape index (κ2) is 8.77. The van der Waals surface area contributed by atoms with Gasteiger partial charge in [0.05, 0.1) is 24.0 Å². The van der Waals surface area contributed by atoms with Crippen LogP contribution in [0, 0.1) is 16.0 Å². The number of likely N-dealkylation sites (tertiary alicyclic amines) is 1. The van der Waals surface area contributed by atoms with Gasteiger partial charge in [-0.2, -0.15) is 0 Å². The second-order valence-electron chi connectivity index (χ2n) is 5.79. The number of halogens is 1. The van der Waals surface area contributed by atoms with Crippen molar-refractivity contribution in [3.05, 3.63) is 33.3 Å². The minimum atomic E-state index is -0.580. The first kappa shape index (κ1) is 19.1. The van der Waals surface area contributed by atoms with E-state index >= 15 is 0 Å². The lowest BCUT2D eigenvalue weighted by Gasteiger charge is -2.30. The van der Waals surface area contributed by atoms with Gasteiger partial charge in [-0.3, -0.25) is 24.6 Å². The Morgan fingerprint density at radius 2 is 2.24 bits per heavy atom. The Hall–Kier alpha value is -2.19. The summed E-state index contributed by atoms with van der Waals surface area (Å²) < 4.78 is 5.03. The van der Waals surface area contributed by atoms with Crippen molar-refractivity contribution in [2.75, 3.05) is 31.6 Å². The Labute approximate surface area is 150 Å². The zero-order valence-corrected chi connectivity index (χ0v) is 14.6. The summed E-state index contributed by atoms with van der Waals surface area (Å²) in [5.41, 5.74) is -0.165. The average molecular weight is 370 g/mol. The number of carbonyl (C=O) groups is 2. The van der Waals surface area contributed by atoms with Crippen LogP contribution >= 0.6 is 11.6 Å². The molecule has 0 radical (unpaired) electrons. The van der Waals surface area contributed by atoms with Crippen molar-refractivity contribution in [3.63, 3.8) is 0 Å². The predicted molar refractivity (Wildman–Crippen MR) is 92.5 cm³/mol. The number of hydrogen-bond acceptors (Lipinski definition) is 6. The molecular formula is C16H20ClN3O5. The van der Waals surface area contributed by atoms with Crippen molar-refractivity contribution in [3.8, 4) is 0 Å². The van der Waals surface area contributed by atoms with Crippen molar-refractivity contribution >= 4 is 34.9 Å². The minimum Gasteiger partial charge on any atom is -0.466 e. The maximum atomic E-state index is 12.2. The lowest BCUT2D eigenvalue weighted by Crippen LogP contribution is -2.43. The normalized spacial score (nSPS) is 17.8. The molecule has 1 aliphatic rings. The maximum Gasteiger partial charge on any atom is 0.310 e. The Balaban J connectivity index is 1.97. The molecule has 8 nitrogen and oxygen atoms in total. The van der Waals surface area contributed by atoms with Crippen molar-refractivity contribution in [2.45, 2.75) is 19.8 Å². The molecule has 0 aromatic heterocycles. The van der Waals surface area contributed by atoms with Gasteiger partial charge in [0, 0.05) is 17.6 Å². The van der Waals surface area contributed by atoms with Gasteiger partial charge < -0.3 is 10.1 Å². The molecule has 25 heavy (non-hydrogen) atoms. The van der Waals surface area contributed by atoms with Gasteiger partial charge in [0.1, 0.15) is 5.69 Å². The molecule has 1 aromatic rings. The molecular weight excluding hydrogens is 350 g/mol. The molecule has 0 unspecified atom stereocenters. The quantitative estimate of drug-likeness (QED) is 0.469. The first-order valence-electron chi connectivity index (χ1n) is 8.03. The highest BCUT2D eigenvalue weighted by Crippen LogP contribution is 2.27. The van der Waals surface area contributed by atoms with Crippen molar-refractivity contribution in [2.24, 2.45) is 5.92 Å². The lowest BCUT2D eigenvalue weighted by atomic mass is 9.98. The molecule has 1 saturated heterocycles. The van der Waals surface area contributed by atoms with Crippen LogP contribution in [-0.4, -0.2) is 47.9 Å². The zero-order valence-electron chi connectivity index (χ0n) is 13.9. The fourth-order valence-corrected chi connectivity index (χ4v) is 2.98. The van der Waals surface area contributed by atoms with Crippen LogP contribution in [0.1, 0.15) is 19.8 Å². The van der Waals surface area contributed by atoms with Crippen LogP contribution in [0.15, 0.2) is 18.2 Å². The second-order valence-corrected chi connectivity index (χ2v) is 6.23. The van der Waals surface area contributed by atoms with E-state index in [-0.39, 0.29) is 29.8 Å². The minimum absolute atomic E-state index is 0.0412. The van der Waals surface area contributed by atoms with Crippen LogP contribution in [0.5, 0.6) is 0 Å². The number of anilines is 1. The van der Waals surface area contributed by atoms with Crippen molar-refractivity contribution in [1.29, 1.82) is 0 Å². The van der Waals surface area contributed by atoms with Gasteiger partial charge in [0.25, 0.3) is 5.69 Å². The number of nitro benzene ring substituents is 1. The number of carbonyl (C=O) groups excluding carboxylic acids is 2. The fraction of sp³-hybridized carbons (Fsp3) is 0.500. The number of nitrogens with zero attached hydrogens (tertiary/aromatic N) is 2. The lowest BCUT2D eigenvalue weighted by molar-refractivity contribution is -0.383. The van der Waals surface area contributed by atoms with Gasteiger partial charge in [-0.25, -0.2) is 0 Å². The summed E-state index contributed by atoms with van der Waals surface area (Å²) in [6.07, 6.45) is 1.52. The Morgan fingerprint density at radius 3 is 2.92 bits per heavy atom. The van der Waals surface area contributed by atoms with Gasteiger partial charge in [-0.1, -0.05) is 11.6 Å². The van der Waals surface area contributed by atoms with Gasteiger partial charge in [-0.05, 0) is 38.4 Å². The molecule has 1 heterocycles. The summed E-state index contributed by atoms with van der Waals surface area (Å²) in [5, 5.41) is 13.9. The van der Waals surface area contributed by atoms with Gasteiger partial charge in [-0.15, -0.1) is 0 Å². The summed E-state index contributed by atoms with van der Waals surface area (Å²) >= 11 is 5.84. The van der Waals surface area contributed by atoms with Crippen LogP contribution in [0.4, 0.5) is 11.4 Å². The van der Waals surface area contributed by atoms with E-state index in [1.165, 1.54) is 18.2 Å². The van der Waals surface area contributed by atoms with Gasteiger partial charge in [0.2, 0.25) is 5.91 Å². The molecule has 1 aliphatic heterocycles. The molecule has 1 amide bonds. The Morgan fingerprint density at radius 1 is 1.48 bits per heavy atom. The van der Waals surface area contributed by atoms with E-state index in [1.807, 2.05) is 4.90 Å². The molecule has 9 heteroatoms. The predicted octanol–water partition coefficient (Wildman–Crippen LogP) is 2.46. The third-order valence-electron chi connectivity index (χ3n) is 3.92. The molecule has 1 fully saturated rings. The average Bonchev–Trinajstić information content (AvgIpc) is 2.55. The number of piperidine rings is 1. The number of amides is 1. The van der Waals surface area contributed by atoms with Crippen LogP contribution in [0.2, 0.25) is 5.02 Å². The monoisotopic (exact) mass is 369 g/mol. The maximum absolute atomic E-state index is 12.2. The van der Waals surface area contributed by atoms with E-state index in [9.17, 15) is 19.7 Å². The van der Waals surface area contributed by atoms with E-state index in [0.717, 1.165) is 12.8 Å². The molecule has 0 bridgehead atoms. The van der Waals surface area contributed by atoms with E-state index in [2.05, 4.69) is 5.32 Å². The standard InChI is InChI=1S/C16H20ClN3O5/c1-2-25-16(22)11-4-3-7-19(9-11)10-15(21)18-13-8-12(17)5-6-14(13)20(23)24/h5-6,8,11H,2-4,7,9-10H2,1H3,(H,18,21)/t11-/m0/s1. The first-order valence-corrected chi connectivity index (χ1v) is 8.41. The van der Waals surface area contributed by atoms with Crippen LogP contribution in [0.3, 0.4) is 0 Å². The highest BCUT2D eigenvalue weighted by atomic mass is 35.5. The molecule has 1 aromatic carbocycles. The SMILES string of the molecule is CCOC(=O)[C@H]1CCCN(CC(=O)Nc2cc(Cl)ccc2[N+](=O)[O-])C1. The van der Waals surface area contributed by atoms with Gasteiger partial charge in [0.15, 0.2) is 0 Å². The third-order valence-corrected chi connectivity index (χ3v) is 4.16. The summed E-state index contributed by atoms with van der Waals surface area (Å²) in [6, 6.07) is 3.98. The molecule has 136 valence electrons. The smallest absolute Gasteiger partial charge is 0.310 e. The number of nitrogens with one attached hydrogen (secondary N) is 1. The largest absolute Gasteiger partial charge is 0.466 e. The topological polar surface area (TPSA) is 102 Å². The number of benzene rings is 1. The Kier molecular flexibility index (Phi) is 6.72. The van der Waals surface area contributed by atoms with Crippen LogP contribution in [-0.2, 0) is 14.3 Å². The number of hydrogen-bond donors (Lipinski definition) is 1. The van der Waals surface area contributed by atoms with Crippen LogP contribution < -0.4 is 5.32 Å². The van der Waals surface area contributed by atoms with E-state index in [0.29, 0.717) is 24.7 Å². The number of ether oxygens (including phenoxy) is 1. The first-order chi connectivity index (χ1) is 11.9. The summed E-state index contributed by atoms with van der Waals surface area (Å²) in [4.78, 5) is 36.4. The molecule has 0 aliphatic carbocycles. The van der Waals surface area contributed by atoms with Crippen molar-refractivity contribution in [1.82, 2.24) is 4.90 Å². The molecule has 1 N–H and O–H groups in total. The number of rotatable bonds is 6. The number of nitro groups is 1. The molecule has 0 spiro atoms. The third kappa shape index (κ3) is 5.40. The Bertz CT molecular complexity index is 667. The van der Waals surface area contributed by atoms with Crippen molar-refractivity contribution < 1.29 is 19.2 Å². The highest BCUT2D eigenvalue weighted by molar-refractivity contribution is 6.31. The molecule has 0 saturated carbocycles. The van der Waals surface area contributed by atoms with E-state index < -0.39 is 10.8 Å². The molecule has 2 rings (SSSR count). The van der Waals surface area contributed by atoms with Gasteiger partial charge >= 0.3 is 5.97 Å². The fourth-order valence-electron chi connectivity index (χ4n) is 2.81. The summed E-state index contributed by atoms with van der Waals surface area (Å²) in [7, 11) is 0. The number of esters is 1. The summed E-state index contributed by atoms with van der Waals surface area (Å²) in [6.45, 7) is 3.24. The van der Waals surface area contributed by atoms with E-state index in [1.54, 1.807) is 6.92 Å². The van der Waals surface area contributed by atoms with Crippen LogP contribution in [0.25, 0.3) is 0 Å².